The molecule has 1 atom stereocenters. The van der Waals surface area contributed by atoms with Crippen molar-refractivity contribution in [2.24, 2.45) is 5.73 Å². The number of halogens is 1. The minimum Gasteiger partial charge on any atom is -0.487 e. The van der Waals surface area contributed by atoms with Gasteiger partial charge >= 0.3 is 0 Å². The van der Waals surface area contributed by atoms with Crippen molar-refractivity contribution in [2.45, 2.75) is 19.4 Å². The van der Waals surface area contributed by atoms with Crippen LogP contribution < -0.4 is 15.2 Å². The van der Waals surface area contributed by atoms with E-state index in [1.54, 1.807) is 24.3 Å². The fraction of sp³-hybridized carbons (Fsp3) is 0.136. The number of aryl methyl sites for hydroxylation is 1. The Morgan fingerprint density at radius 3 is 2.77 bits per heavy atom. The number of aromatic nitrogens is 2. The zero-order valence-corrected chi connectivity index (χ0v) is 16.7. The maximum atomic E-state index is 9.65. The Labute approximate surface area is 177 Å². The Morgan fingerprint density at radius 1 is 1.23 bits per heavy atom. The van der Waals surface area contributed by atoms with E-state index in [1.807, 2.05) is 25.1 Å². The summed E-state index contributed by atoms with van der Waals surface area (Å²) in [5.41, 5.74) is 9.84. The van der Waals surface area contributed by atoms with Gasteiger partial charge < -0.3 is 15.2 Å². The third-order valence-corrected chi connectivity index (χ3v) is 5.24. The van der Waals surface area contributed by atoms with E-state index in [4.69, 9.17) is 26.8 Å². The summed E-state index contributed by atoms with van der Waals surface area (Å²) in [5, 5.41) is 26.2. The summed E-state index contributed by atoms with van der Waals surface area (Å²) < 4.78 is 11.3. The normalized spacial score (nSPS) is 15.0. The Bertz CT molecular complexity index is 1250. The molecule has 0 radical (unpaired) electrons. The second-order valence-electron chi connectivity index (χ2n) is 6.74. The van der Waals surface area contributed by atoms with Crippen LogP contribution >= 0.6 is 11.6 Å². The van der Waals surface area contributed by atoms with Crippen LogP contribution in [-0.2, 0) is 6.61 Å². The average Bonchev–Trinajstić information content (AvgIpc) is 3.12. The maximum Gasteiger partial charge on any atom is 0.244 e. The molecule has 2 aromatic carbocycles. The molecule has 0 amide bonds. The Hall–Kier alpha value is -3.94. The molecule has 1 aliphatic heterocycles. The quantitative estimate of drug-likeness (QED) is 0.660. The van der Waals surface area contributed by atoms with Crippen molar-refractivity contribution in [3.63, 3.8) is 0 Å². The van der Waals surface area contributed by atoms with Crippen molar-refractivity contribution >= 4 is 11.6 Å². The second-order valence-corrected chi connectivity index (χ2v) is 7.15. The number of nitrogens with one attached hydrogen (secondary N) is 1. The van der Waals surface area contributed by atoms with Crippen molar-refractivity contribution in [2.75, 3.05) is 0 Å². The molecule has 8 heteroatoms. The molecule has 7 nitrogen and oxygen atoms in total. The number of hydrogen-bond donors (Lipinski definition) is 2. The lowest BCUT2D eigenvalue weighted by atomic mass is 9.84. The molecule has 4 rings (SSSR count). The lowest BCUT2D eigenvalue weighted by Crippen LogP contribution is -2.21. The van der Waals surface area contributed by atoms with Crippen LogP contribution in [0.3, 0.4) is 0 Å². The van der Waals surface area contributed by atoms with Crippen molar-refractivity contribution in [1.29, 1.82) is 10.5 Å². The number of allylic oxidation sites excluding steroid dienone is 1. The van der Waals surface area contributed by atoms with E-state index in [1.165, 1.54) is 0 Å². The number of nitrogens with two attached hydrogens (primary N) is 1. The number of hydrogen-bond acceptors (Lipinski definition) is 6. The van der Waals surface area contributed by atoms with Gasteiger partial charge in [0.05, 0.1) is 22.6 Å². The first-order valence-electron chi connectivity index (χ1n) is 9.06. The van der Waals surface area contributed by atoms with Crippen molar-refractivity contribution in [3.8, 4) is 23.8 Å². The molecule has 1 aromatic heterocycles. The van der Waals surface area contributed by atoms with E-state index < -0.39 is 5.92 Å². The molecule has 0 saturated carbocycles. The number of nitrogens with zero attached hydrogens (tertiary/aromatic N) is 3. The Morgan fingerprint density at radius 2 is 2.03 bits per heavy atom. The van der Waals surface area contributed by atoms with Crippen LogP contribution in [0, 0.1) is 29.6 Å². The highest BCUT2D eigenvalue weighted by atomic mass is 35.5. The average molecular weight is 418 g/mol. The summed E-state index contributed by atoms with van der Waals surface area (Å²) in [6, 6.07) is 16.8. The predicted octanol–water partition coefficient (Wildman–Crippen LogP) is 4.04. The summed E-state index contributed by atoms with van der Waals surface area (Å²) in [7, 11) is 0. The number of benzene rings is 2. The monoisotopic (exact) mass is 417 g/mol. The number of ether oxygens (including phenoxy) is 2. The van der Waals surface area contributed by atoms with Gasteiger partial charge in [0.1, 0.15) is 24.0 Å². The lowest BCUT2D eigenvalue weighted by Gasteiger charge is -2.24. The molecule has 0 saturated heterocycles. The van der Waals surface area contributed by atoms with Gasteiger partial charge in [-0.1, -0.05) is 35.9 Å². The van der Waals surface area contributed by atoms with Gasteiger partial charge in [-0.05, 0) is 30.7 Å². The molecule has 0 aliphatic carbocycles. The van der Waals surface area contributed by atoms with Gasteiger partial charge in [0, 0.05) is 16.8 Å². The van der Waals surface area contributed by atoms with E-state index in [-0.39, 0.29) is 12.5 Å². The number of fused-ring (bicyclic) bond motifs is 1. The topological polar surface area (TPSA) is 121 Å². The lowest BCUT2D eigenvalue weighted by molar-refractivity contribution is 0.306. The first-order chi connectivity index (χ1) is 14.5. The number of rotatable bonds is 4. The molecule has 3 N–H and O–H groups in total. The van der Waals surface area contributed by atoms with Gasteiger partial charge in [-0.15, -0.1) is 5.10 Å². The van der Waals surface area contributed by atoms with Gasteiger partial charge in [-0.3, -0.25) is 5.10 Å². The minimum atomic E-state index is -0.455. The van der Waals surface area contributed by atoms with Gasteiger partial charge in [0.15, 0.2) is 0 Å². The standard InChI is InChI=1S/C22H16ClN5O2/c1-12-19-20(16(10-25)21(26)30-22(19)28-27-12)13-6-7-18(17(23)8-13)29-11-15-5-3-2-4-14(15)9-24/h2-8,20H,11,26H2,1H3,(H,27,28)/t20-/m1/s1. The highest BCUT2D eigenvalue weighted by molar-refractivity contribution is 6.32. The van der Waals surface area contributed by atoms with E-state index in [9.17, 15) is 10.5 Å². The van der Waals surface area contributed by atoms with Crippen molar-refractivity contribution in [3.05, 3.63) is 86.9 Å². The SMILES string of the molecule is Cc1[nH]nc2c1[C@H](c1ccc(OCc3ccccc3C#N)c(Cl)c1)C(C#N)=C(N)O2. The fourth-order valence-electron chi connectivity index (χ4n) is 3.46. The molecule has 0 spiro atoms. The molecule has 0 fully saturated rings. The molecule has 1 aliphatic rings. The van der Waals surface area contributed by atoms with E-state index >= 15 is 0 Å². The largest absolute Gasteiger partial charge is 0.487 e. The van der Waals surface area contributed by atoms with Gasteiger partial charge in [0.25, 0.3) is 0 Å². The highest BCUT2D eigenvalue weighted by Crippen LogP contribution is 2.43. The first kappa shape index (κ1) is 19.4. The van der Waals surface area contributed by atoms with E-state index in [0.717, 1.165) is 22.4 Å². The van der Waals surface area contributed by atoms with Crippen LogP contribution in [-0.4, -0.2) is 10.2 Å². The predicted molar refractivity (Wildman–Crippen MR) is 110 cm³/mol. The second kappa shape index (κ2) is 7.82. The summed E-state index contributed by atoms with van der Waals surface area (Å²) in [6.07, 6.45) is 0. The Balaban J connectivity index is 1.66. The first-order valence-corrected chi connectivity index (χ1v) is 9.44. The summed E-state index contributed by atoms with van der Waals surface area (Å²) in [6.45, 7) is 2.06. The minimum absolute atomic E-state index is 0.0195. The van der Waals surface area contributed by atoms with E-state index in [0.29, 0.717) is 27.8 Å². The molecule has 3 aromatic rings. The zero-order valence-electron chi connectivity index (χ0n) is 15.9. The highest BCUT2D eigenvalue weighted by Gasteiger charge is 2.34. The van der Waals surface area contributed by atoms with Crippen LogP contribution in [0.5, 0.6) is 11.6 Å². The summed E-state index contributed by atoms with van der Waals surface area (Å²) >= 11 is 6.48. The number of H-pyrrole nitrogens is 1. The van der Waals surface area contributed by atoms with Crippen LogP contribution in [0.15, 0.2) is 53.9 Å². The molecule has 0 bridgehead atoms. The Kier molecular flexibility index (Phi) is 5.05. The third-order valence-electron chi connectivity index (χ3n) is 4.94. The van der Waals surface area contributed by atoms with Crippen LogP contribution in [0.1, 0.15) is 33.9 Å². The molecule has 2 heterocycles. The van der Waals surface area contributed by atoms with Crippen LogP contribution in [0.4, 0.5) is 0 Å². The van der Waals surface area contributed by atoms with Crippen LogP contribution in [0.2, 0.25) is 5.02 Å². The summed E-state index contributed by atoms with van der Waals surface area (Å²) in [5.74, 6) is 0.382. The van der Waals surface area contributed by atoms with Gasteiger partial charge in [-0.2, -0.15) is 10.5 Å². The number of aromatic amines is 1. The molecular formula is C22H16ClN5O2. The van der Waals surface area contributed by atoms with Crippen molar-refractivity contribution in [1.82, 2.24) is 10.2 Å². The van der Waals surface area contributed by atoms with Gasteiger partial charge in [-0.25, -0.2) is 0 Å². The van der Waals surface area contributed by atoms with Gasteiger partial charge in [0.2, 0.25) is 11.8 Å². The third kappa shape index (κ3) is 3.32. The molecule has 148 valence electrons. The number of nitriles is 2. The van der Waals surface area contributed by atoms with Crippen LogP contribution in [0.25, 0.3) is 0 Å². The molecule has 0 unspecified atom stereocenters. The fourth-order valence-corrected chi connectivity index (χ4v) is 3.70. The molecule has 30 heavy (non-hydrogen) atoms. The molecular weight excluding hydrogens is 402 g/mol. The van der Waals surface area contributed by atoms with E-state index in [2.05, 4.69) is 22.3 Å². The van der Waals surface area contributed by atoms with Crippen molar-refractivity contribution < 1.29 is 9.47 Å². The smallest absolute Gasteiger partial charge is 0.244 e. The summed E-state index contributed by atoms with van der Waals surface area (Å²) in [4.78, 5) is 0. The maximum absolute atomic E-state index is 9.65. The zero-order chi connectivity index (χ0) is 21.3.